The van der Waals surface area contributed by atoms with E-state index in [0.29, 0.717) is 6.42 Å². The summed E-state index contributed by atoms with van der Waals surface area (Å²) in [5.41, 5.74) is 7.43. The van der Waals surface area contributed by atoms with Crippen LogP contribution >= 0.6 is 15.9 Å². The Morgan fingerprint density at radius 1 is 1.14 bits per heavy atom. The minimum atomic E-state index is 0.147. The van der Waals surface area contributed by atoms with Gasteiger partial charge in [0.15, 0.2) is 5.82 Å². The van der Waals surface area contributed by atoms with Crippen molar-refractivity contribution in [3.8, 4) is 0 Å². The second-order valence-corrected chi connectivity index (χ2v) is 6.68. The third-order valence-corrected chi connectivity index (χ3v) is 4.67. The SMILES string of the molecule is NC1CCCCCC1c1nc(Cc2ccc(Br)cc2)no1. The number of hydrogen-bond acceptors (Lipinski definition) is 4. The standard InChI is InChI=1S/C16H20BrN3O/c17-12-8-6-11(7-9-12)10-15-19-16(21-20-15)13-4-2-1-3-5-14(13)18/h6-9,13-14H,1-5,10,18H2. The van der Waals surface area contributed by atoms with Gasteiger partial charge in [0, 0.05) is 16.9 Å². The summed E-state index contributed by atoms with van der Waals surface area (Å²) in [4.78, 5) is 4.57. The molecule has 0 aliphatic heterocycles. The van der Waals surface area contributed by atoms with Gasteiger partial charge in [-0.15, -0.1) is 0 Å². The zero-order chi connectivity index (χ0) is 14.7. The van der Waals surface area contributed by atoms with Gasteiger partial charge in [-0.25, -0.2) is 0 Å². The molecular formula is C16H20BrN3O. The molecule has 1 aliphatic carbocycles. The number of nitrogens with two attached hydrogens (primary N) is 1. The lowest BCUT2D eigenvalue weighted by Gasteiger charge is -2.16. The van der Waals surface area contributed by atoms with E-state index >= 15 is 0 Å². The van der Waals surface area contributed by atoms with Gasteiger partial charge < -0.3 is 10.3 Å². The Morgan fingerprint density at radius 3 is 2.71 bits per heavy atom. The Kier molecular flexibility index (Phi) is 4.70. The molecule has 2 atom stereocenters. The number of benzene rings is 1. The monoisotopic (exact) mass is 349 g/mol. The van der Waals surface area contributed by atoms with Gasteiger partial charge >= 0.3 is 0 Å². The lowest BCUT2D eigenvalue weighted by atomic mass is 9.95. The van der Waals surface area contributed by atoms with Crippen molar-refractivity contribution < 1.29 is 4.52 Å². The maximum atomic E-state index is 6.26. The highest BCUT2D eigenvalue weighted by atomic mass is 79.9. The Morgan fingerprint density at radius 2 is 1.90 bits per heavy atom. The van der Waals surface area contributed by atoms with Crippen LogP contribution < -0.4 is 5.73 Å². The third kappa shape index (κ3) is 3.71. The van der Waals surface area contributed by atoms with Crippen molar-refractivity contribution in [2.24, 2.45) is 5.73 Å². The molecule has 1 aliphatic rings. The van der Waals surface area contributed by atoms with Gasteiger partial charge in [0.2, 0.25) is 5.89 Å². The van der Waals surface area contributed by atoms with Crippen LogP contribution in [-0.4, -0.2) is 16.2 Å². The van der Waals surface area contributed by atoms with Crippen LogP contribution in [0.5, 0.6) is 0 Å². The summed E-state index contributed by atoms with van der Waals surface area (Å²) < 4.78 is 6.55. The van der Waals surface area contributed by atoms with Crippen LogP contribution in [0.4, 0.5) is 0 Å². The predicted octanol–water partition coefficient (Wildman–Crippen LogP) is 3.80. The molecule has 2 N–H and O–H groups in total. The summed E-state index contributed by atoms with van der Waals surface area (Å²) in [7, 11) is 0. The van der Waals surface area contributed by atoms with Crippen molar-refractivity contribution in [1.82, 2.24) is 10.1 Å². The lowest BCUT2D eigenvalue weighted by molar-refractivity contribution is 0.323. The number of halogens is 1. The summed E-state index contributed by atoms with van der Waals surface area (Å²) in [6, 6.07) is 8.33. The van der Waals surface area contributed by atoms with Crippen LogP contribution in [0, 0.1) is 0 Å². The Balaban J connectivity index is 1.71. The summed E-state index contributed by atoms with van der Waals surface area (Å²) in [6.45, 7) is 0. The molecule has 5 heteroatoms. The van der Waals surface area contributed by atoms with Gasteiger partial charge in [-0.1, -0.05) is 52.5 Å². The molecular weight excluding hydrogens is 330 g/mol. The number of hydrogen-bond donors (Lipinski definition) is 1. The fourth-order valence-corrected chi connectivity index (χ4v) is 3.18. The van der Waals surface area contributed by atoms with Crippen molar-refractivity contribution in [3.05, 3.63) is 46.0 Å². The van der Waals surface area contributed by atoms with Gasteiger partial charge in [0.25, 0.3) is 0 Å². The van der Waals surface area contributed by atoms with Crippen LogP contribution in [-0.2, 0) is 6.42 Å². The van der Waals surface area contributed by atoms with E-state index in [2.05, 4.69) is 38.2 Å². The number of rotatable bonds is 3. The molecule has 1 saturated carbocycles. The average Bonchev–Trinajstić information content (AvgIpc) is 2.82. The fraction of sp³-hybridized carbons (Fsp3) is 0.500. The first-order valence-corrected chi connectivity index (χ1v) is 8.34. The molecule has 0 bridgehead atoms. The van der Waals surface area contributed by atoms with Crippen LogP contribution in [0.1, 0.15) is 55.3 Å². The molecule has 1 aromatic carbocycles. The molecule has 0 spiro atoms. The molecule has 2 unspecified atom stereocenters. The highest BCUT2D eigenvalue weighted by molar-refractivity contribution is 9.10. The first-order chi connectivity index (χ1) is 10.2. The van der Waals surface area contributed by atoms with Gasteiger partial charge in [-0.05, 0) is 30.5 Å². The molecule has 0 radical (unpaired) electrons. The lowest BCUT2D eigenvalue weighted by Crippen LogP contribution is -2.27. The largest absolute Gasteiger partial charge is 0.339 e. The molecule has 2 aromatic rings. The Bertz CT molecular complexity index is 581. The van der Waals surface area contributed by atoms with E-state index in [1.54, 1.807) is 0 Å². The van der Waals surface area contributed by atoms with Crippen LogP contribution in [0.2, 0.25) is 0 Å². The van der Waals surface area contributed by atoms with Crippen molar-refractivity contribution in [3.63, 3.8) is 0 Å². The minimum Gasteiger partial charge on any atom is -0.339 e. The fourth-order valence-electron chi connectivity index (χ4n) is 2.92. The summed E-state index contributed by atoms with van der Waals surface area (Å²) in [5.74, 6) is 1.68. The van der Waals surface area contributed by atoms with E-state index in [0.717, 1.165) is 29.0 Å². The number of nitrogens with zero attached hydrogens (tertiary/aromatic N) is 2. The van der Waals surface area contributed by atoms with Crippen molar-refractivity contribution in [2.75, 3.05) is 0 Å². The van der Waals surface area contributed by atoms with E-state index < -0.39 is 0 Å². The second-order valence-electron chi connectivity index (χ2n) is 5.76. The zero-order valence-electron chi connectivity index (χ0n) is 12.0. The maximum Gasteiger partial charge on any atom is 0.231 e. The summed E-state index contributed by atoms with van der Waals surface area (Å²) in [6.07, 6.45) is 6.46. The van der Waals surface area contributed by atoms with E-state index in [9.17, 15) is 0 Å². The molecule has 1 fully saturated rings. The molecule has 112 valence electrons. The van der Waals surface area contributed by atoms with Gasteiger partial charge in [0.1, 0.15) is 0 Å². The Hall–Kier alpha value is -1.20. The van der Waals surface area contributed by atoms with E-state index in [1.807, 2.05) is 12.1 Å². The van der Waals surface area contributed by atoms with Crippen molar-refractivity contribution in [2.45, 2.75) is 50.5 Å². The molecule has 21 heavy (non-hydrogen) atoms. The molecule has 1 aromatic heterocycles. The van der Waals surface area contributed by atoms with E-state index in [-0.39, 0.29) is 12.0 Å². The Labute approximate surface area is 133 Å². The molecule has 4 nitrogen and oxygen atoms in total. The molecule has 0 amide bonds. The summed E-state index contributed by atoms with van der Waals surface area (Å²) >= 11 is 3.44. The third-order valence-electron chi connectivity index (χ3n) is 4.15. The van der Waals surface area contributed by atoms with Crippen molar-refractivity contribution >= 4 is 15.9 Å². The smallest absolute Gasteiger partial charge is 0.231 e. The topological polar surface area (TPSA) is 64.9 Å². The second kappa shape index (κ2) is 6.71. The number of aromatic nitrogens is 2. The first-order valence-electron chi connectivity index (χ1n) is 7.55. The molecule has 0 saturated heterocycles. The molecule has 3 rings (SSSR count). The van der Waals surface area contributed by atoms with Crippen LogP contribution in [0.25, 0.3) is 0 Å². The summed E-state index contributed by atoms with van der Waals surface area (Å²) in [5, 5.41) is 4.12. The van der Waals surface area contributed by atoms with Gasteiger partial charge in [-0.3, -0.25) is 0 Å². The van der Waals surface area contributed by atoms with Crippen molar-refractivity contribution in [1.29, 1.82) is 0 Å². The first kappa shape index (κ1) is 14.7. The van der Waals surface area contributed by atoms with Crippen LogP contribution in [0.3, 0.4) is 0 Å². The van der Waals surface area contributed by atoms with Gasteiger partial charge in [0.05, 0.1) is 5.92 Å². The normalized spacial score (nSPS) is 23.0. The highest BCUT2D eigenvalue weighted by Crippen LogP contribution is 2.30. The van der Waals surface area contributed by atoms with Gasteiger partial charge in [-0.2, -0.15) is 4.98 Å². The van der Waals surface area contributed by atoms with E-state index in [1.165, 1.54) is 24.8 Å². The van der Waals surface area contributed by atoms with Crippen LogP contribution in [0.15, 0.2) is 33.3 Å². The zero-order valence-corrected chi connectivity index (χ0v) is 13.6. The quantitative estimate of drug-likeness (QED) is 0.856. The average molecular weight is 350 g/mol. The van der Waals surface area contributed by atoms with E-state index in [4.69, 9.17) is 10.3 Å². The highest BCUT2D eigenvalue weighted by Gasteiger charge is 2.27. The predicted molar refractivity (Wildman–Crippen MR) is 85.0 cm³/mol. The maximum absolute atomic E-state index is 6.26. The molecule has 1 heterocycles. The minimum absolute atomic E-state index is 0.147.